The molecule has 1 aromatic heterocycles. The molecule has 2 heterocycles. The van der Waals surface area contributed by atoms with E-state index >= 15 is 0 Å². The van der Waals surface area contributed by atoms with Gasteiger partial charge < -0.3 is 9.30 Å². The van der Waals surface area contributed by atoms with Crippen LogP contribution in [0.3, 0.4) is 0 Å². The summed E-state index contributed by atoms with van der Waals surface area (Å²) in [6.07, 6.45) is 1.74. The molecule has 33 heavy (non-hydrogen) atoms. The van der Waals surface area contributed by atoms with Crippen molar-refractivity contribution >= 4 is 50.9 Å². The number of hydrogen-bond acceptors (Lipinski definition) is 5. The number of thioether (sulfide) groups is 1. The quantitative estimate of drug-likeness (QED) is 0.308. The van der Waals surface area contributed by atoms with Gasteiger partial charge in [-0.15, -0.1) is 0 Å². The molecule has 1 fully saturated rings. The second-order valence-electron chi connectivity index (χ2n) is 7.53. The van der Waals surface area contributed by atoms with Crippen LogP contribution >= 0.6 is 27.7 Å². The monoisotopic (exact) mass is 524 g/mol. The van der Waals surface area contributed by atoms with Crippen LogP contribution in [0, 0.1) is 13.8 Å². The number of aromatic nitrogens is 1. The topological polar surface area (TPSA) is 68.6 Å². The number of ether oxygens (including phenoxy) is 1. The number of carbonyl (C=O) groups is 3. The highest BCUT2D eigenvalue weighted by atomic mass is 79.9. The fourth-order valence-corrected chi connectivity index (χ4v) is 5.07. The van der Waals surface area contributed by atoms with Gasteiger partial charge in [0.05, 0.1) is 29.8 Å². The van der Waals surface area contributed by atoms with Gasteiger partial charge in [-0.1, -0.05) is 46.3 Å². The molecule has 2 amide bonds. The van der Waals surface area contributed by atoms with Crippen molar-refractivity contribution in [1.82, 2.24) is 9.47 Å². The molecule has 168 valence electrons. The number of amides is 2. The van der Waals surface area contributed by atoms with Crippen molar-refractivity contribution in [2.24, 2.45) is 0 Å². The van der Waals surface area contributed by atoms with Gasteiger partial charge in [0.25, 0.3) is 11.1 Å². The lowest BCUT2D eigenvalue weighted by Crippen LogP contribution is -2.27. The number of para-hydroxylation sites is 1. The Bertz CT molecular complexity index is 1310. The standard InChI is InChI=1S/C25H21BrN2O4S/c1-15-12-18(16(2)28(15)21-11-7-5-9-19(21)24(30)32-3)13-22-23(29)27(25(31)33-22)14-17-8-4-6-10-20(17)26/h4-13H,14H2,1-3H3/b22-13-. The molecule has 0 spiro atoms. The Kier molecular flexibility index (Phi) is 6.58. The summed E-state index contributed by atoms with van der Waals surface area (Å²) in [5.41, 5.74) is 4.55. The molecule has 0 atom stereocenters. The summed E-state index contributed by atoms with van der Waals surface area (Å²) < 4.78 is 7.72. The summed E-state index contributed by atoms with van der Waals surface area (Å²) in [6, 6.07) is 16.7. The van der Waals surface area contributed by atoms with Crippen LogP contribution in [0.5, 0.6) is 0 Å². The first kappa shape index (κ1) is 23.1. The number of hydrogen-bond donors (Lipinski definition) is 0. The second kappa shape index (κ2) is 9.41. The molecule has 0 radical (unpaired) electrons. The molecule has 1 aliphatic rings. The van der Waals surface area contributed by atoms with Gasteiger partial charge in [-0.2, -0.15) is 0 Å². The summed E-state index contributed by atoms with van der Waals surface area (Å²) in [5.74, 6) is -0.742. The third-order valence-corrected chi connectivity index (χ3v) is 7.15. The van der Waals surface area contributed by atoms with E-state index in [-0.39, 0.29) is 17.7 Å². The molecular formula is C25H21BrN2O4S. The van der Waals surface area contributed by atoms with Crippen molar-refractivity contribution in [2.75, 3.05) is 7.11 Å². The Morgan fingerprint density at radius 2 is 1.79 bits per heavy atom. The number of carbonyl (C=O) groups excluding carboxylic acids is 3. The van der Waals surface area contributed by atoms with Gasteiger partial charge in [-0.05, 0) is 67.1 Å². The number of nitrogens with zero attached hydrogens (tertiary/aromatic N) is 2. The van der Waals surface area contributed by atoms with Gasteiger partial charge in [0.2, 0.25) is 0 Å². The lowest BCUT2D eigenvalue weighted by Gasteiger charge is -2.14. The minimum Gasteiger partial charge on any atom is -0.465 e. The normalized spacial score (nSPS) is 14.9. The Balaban J connectivity index is 1.68. The van der Waals surface area contributed by atoms with E-state index in [0.717, 1.165) is 38.7 Å². The largest absolute Gasteiger partial charge is 0.465 e. The van der Waals surface area contributed by atoms with E-state index < -0.39 is 5.97 Å². The van der Waals surface area contributed by atoms with E-state index in [1.807, 2.05) is 60.9 Å². The van der Waals surface area contributed by atoms with E-state index in [2.05, 4.69) is 15.9 Å². The fraction of sp³-hybridized carbons (Fsp3) is 0.160. The van der Waals surface area contributed by atoms with Gasteiger partial charge in [-0.25, -0.2) is 4.79 Å². The molecule has 0 aliphatic carbocycles. The maximum Gasteiger partial charge on any atom is 0.339 e. The van der Waals surface area contributed by atoms with Gasteiger partial charge in [0.15, 0.2) is 0 Å². The number of rotatable bonds is 5. The zero-order valence-corrected chi connectivity index (χ0v) is 20.7. The maximum absolute atomic E-state index is 13.0. The van der Waals surface area contributed by atoms with E-state index in [9.17, 15) is 14.4 Å². The Morgan fingerprint density at radius 3 is 2.52 bits per heavy atom. The predicted octanol–water partition coefficient (Wildman–Crippen LogP) is 5.88. The molecule has 1 saturated heterocycles. The van der Waals surface area contributed by atoms with E-state index in [1.165, 1.54) is 12.0 Å². The van der Waals surface area contributed by atoms with Crippen LogP contribution in [0.25, 0.3) is 11.8 Å². The SMILES string of the molecule is COC(=O)c1ccccc1-n1c(C)cc(/C=C2\SC(=O)N(Cc3ccccc3Br)C2=O)c1C. The predicted molar refractivity (Wildman–Crippen MR) is 132 cm³/mol. The van der Waals surface area contributed by atoms with Crippen molar-refractivity contribution in [3.63, 3.8) is 0 Å². The first-order chi connectivity index (χ1) is 15.8. The van der Waals surface area contributed by atoms with Gasteiger partial charge in [0, 0.05) is 15.9 Å². The first-order valence-electron chi connectivity index (χ1n) is 10.2. The number of imide groups is 1. The molecule has 8 heteroatoms. The molecule has 0 bridgehead atoms. The Labute approximate surface area is 204 Å². The molecule has 0 unspecified atom stereocenters. The molecular weight excluding hydrogens is 504 g/mol. The Morgan fingerprint density at radius 1 is 1.09 bits per heavy atom. The molecule has 2 aromatic carbocycles. The van der Waals surface area contributed by atoms with E-state index in [4.69, 9.17) is 4.74 Å². The van der Waals surface area contributed by atoms with E-state index in [1.54, 1.807) is 18.2 Å². The average molecular weight is 525 g/mol. The molecule has 0 saturated carbocycles. The average Bonchev–Trinajstić information content (AvgIpc) is 3.23. The molecule has 3 aromatic rings. The molecule has 1 aliphatic heterocycles. The number of esters is 1. The van der Waals surface area contributed by atoms with Crippen molar-refractivity contribution in [3.8, 4) is 5.69 Å². The highest BCUT2D eigenvalue weighted by Crippen LogP contribution is 2.35. The smallest absolute Gasteiger partial charge is 0.339 e. The third kappa shape index (κ3) is 4.41. The number of benzene rings is 2. The summed E-state index contributed by atoms with van der Waals surface area (Å²) in [7, 11) is 1.35. The van der Waals surface area contributed by atoms with Crippen LogP contribution < -0.4 is 0 Å². The number of aryl methyl sites for hydroxylation is 1. The fourth-order valence-electron chi connectivity index (χ4n) is 3.83. The number of methoxy groups -OCH3 is 1. The minimum atomic E-state index is -0.423. The van der Waals surface area contributed by atoms with Crippen LogP contribution in [0.2, 0.25) is 0 Å². The van der Waals surface area contributed by atoms with Crippen LogP contribution in [-0.2, 0) is 16.1 Å². The van der Waals surface area contributed by atoms with Gasteiger partial charge in [0.1, 0.15) is 0 Å². The summed E-state index contributed by atoms with van der Waals surface area (Å²) in [4.78, 5) is 39.5. The van der Waals surface area contributed by atoms with Gasteiger partial charge >= 0.3 is 5.97 Å². The minimum absolute atomic E-state index is 0.203. The first-order valence-corrected chi connectivity index (χ1v) is 11.8. The third-order valence-electron chi connectivity index (χ3n) is 5.47. The lowest BCUT2D eigenvalue weighted by atomic mass is 10.1. The molecule has 4 rings (SSSR count). The van der Waals surface area contributed by atoms with Crippen molar-refractivity contribution in [2.45, 2.75) is 20.4 Å². The van der Waals surface area contributed by atoms with Crippen LogP contribution in [0.1, 0.15) is 32.9 Å². The van der Waals surface area contributed by atoms with Crippen molar-refractivity contribution in [3.05, 3.63) is 92.1 Å². The van der Waals surface area contributed by atoms with E-state index in [0.29, 0.717) is 16.2 Å². The van der Waals surface area contributed by atoms with Gasteiger partial charge in [-0.3, -0.25) is 14.5 Å². The highest BCUT2D eigenvalue weighted by Gasteiger charge is 2.35. The highest BCUT2D eigenvalue weighted by molar-refractivity contribution is 9.10. The second-order valence-corrected chi connectivity index (χ2v) is 9.38. The van der Waals surface area contributed by atoms with Crippen LogP contribution in [0.4, 0.5) is 4.79 Å². The molecule has 0 N–H and O–H groups in total. The summed E-state index contributed by atoms with van der Waals surface area (Å²) in [6.45, 7) is 4.05. The summed E-state index contributed by atoms with van der Waals surface area (Å²) in [5, 5.41) is -0.299. The number of halogens is 1. The van der Waals surface area contributed by atoms with Crippen molar-refractivity contribution < 1.29 is 19.1 Å². The van der Waals surface area contributed by atoms with Crippen LogP contribution in [0.15, 0.2) is 64.0 Å². The Hall–Kier alpha value is -3.10. The zero-order chi connectivity index (χ0) is 23.7. The van der Waals surface area contributed by atoms with Crippen LogP contribution in [-0.4, -0.2) is 33.7 Å². The maximum atomic E-state index is 13.0. The zero-order valence-electron chi connectivity index (χ0n) is 18.3. The van der Waals surface area contributed by atoms with Crippen molar-refractivity contribution in [1.29, 1.82) is 0 Å². The molecule has 6 nitrogen and oxygen atoms in total. The summed E-state index contributed by atoms with van der Waals surface area (Å²) >= 11 is 4.40. The lowest BCUT2D eigenvalue weighted by molar-refractivity contribution is -0.123.